The van der Waals surface area contributed by atoms with E-state index in [-0.39, 0.29) is 18.4 Å². The van der Waals surface area contributed by atoms with E-state index in [1.54, 1.807) is 13.2 Å². The number of aromatic nitrogens is 2. The summed E-state index contributed by atoms with van der Waals surface area (Å²) < 4.78 is 27.1. The first kappa shape index (κ1) is 26.1. The molecule has 38 heavy (non-hydrogen) atoms. The highest BCUT2D eigenvalue weighted by atomic mass is 32.1. The summed E-state index contributed by atoms with van der Waals surface area (Å²) in [6.07, 6.45) is 2.96. The Morgan fingerprint density at radius 2 is 1.87 bits per heavy atom. The van der Waals surface area contributed by atoms with Crippen molar-refractivity contribution in [1.29, 1.82) is 0 Å². The van der Waals surface area contributed by atoms with Gasteiger partial charge in [0.1, 0.15) is 23.5 Å². The number of thiazole rings is 1. The molecule has 1 aliphatic rings. The van der Waals surface area contributed by atoms with Crippen molar-refractivity contribution in [3.63, 3.8) is 0 Å². The van der Waals surface area contributed by atoms with E-state index in [2.05, 4.69) is 22.0 Å². The van der Waals surface area contributed by atoms with Crippen LogP contribution in [0, 0.1) is 0 Å². The Morgan fingerprint density at radius 1 is 1.11 bits per heavy atom. The zero-order valence-corrected chi connectivity index (χ0v) is 22.8. The Morgan fingerprint density at radius 3 is 2.58 bits per heavy atom. The molecule has 2 aromatic heterocycles. The number of pyridine rings is 1. The maximum atomic E-state index is 15.0. The number of aryl methyl sites for hydroxylation is 1. The molecule has 4 aromatic rings. The molecule has 0 unspecified atom stereocenters. The topological polar surface area (TPSA) is 64.6 Å². The van der Waals surface area contributed by atoms with Crippen LogP contribution in [0.3, 0.4) is 0 Å². The molecule has 0 bridgehead atoms. The molecule has 0 radical (unpaired) electrons. The third kappa shape index (κ3) is 5.80. The summed E-state index contributed by atoms with van der Waals surface area (Å²) in [7, 11) is 1.62. The summed E-state index contributed by atoms with van der Waals surface area (Å²) in [5.41, 5.74) is 1.34. The van der Waals surface area contributed by atoms with Crippen molar-refractivity contribution >= 4 is 32.5 Å². The number of alkyl halides is 1. The van der Waals surface area contributed by atoms with E-state index in [9.17, 15) is 9.18 Å². The predicted molar refractivity (Wildman–Crippen MR) is 149 cm³/mol. The van der Waals surface area contributed by atoms with Gasteiger partial charge in [-0.1, -0.05) is 53.8 Å². The van der Waals surface area contributed by atoms with Gasteiger partial charge in [0, 0.05) is 13.0 Å². The number of ether oxygens (including phenoxy) is 2. The van der Waals surface area contributed by atoms with Crippen LogP contribution < -0.4 is 14.4 Å². The maximum absolute atomic E-state index is 15.0. The van der Waals surface area contributed by atoms with Crippen molar-refractivity contribution in [3.05, 3.63) is 77.5 Å². The van der Waals surface area contributed by atoms with Crippen LogP contribution in [0.15, 0.2) is 60.7 Å². The summed E-state index contributed by atoms with van der Waals surface area (Å²) in [6, 6.07) is 19.2. The van der Waals surface area contributed by atoms with Crippen LogP contribution in [0.4, 0.5) is 9.52 Å². The molecule has 2 aromatic carbocycles. The van der Waals surface area contributed by atoms with E-state index in [0.29, 0.717) is 23.5 Å². The molecule has 1 fully saturated rings. The number of halogens is 1. The van der Waals surface area contributed by atoms with Gasteiger partial charge in [0.15, 0.2) is 10.9 Å². The quantitative estimate of drug-likeness (QED) is 0.227. The van der Waals surface area contributed by atoms with Crippen LogP contribution >= 0.6 is 11.3 Å². The first-order valence-electron chi connectivity index (χ1n) is 12.9. The van der Waals surface area contributed by atoms with Gasteiger partial charge in [-0.2, -0.15) is 0 Å². The third-order valence-corrected chi connectivity index (χ3v) is 7.89. The molecular weight excluding hydrogens is 501 g/mol. The lowest BCUT2D eigenvalue weighted by Gasteiger charge is -2.22. The molecule has 0 amide bonds. The Labute approximate surface area is 226 Å². The minimum Gasteiger partial charge on any atom is -0.497 e. The van der Waals surface area contributed by atoms with Gasteiger partial charge in [0.05, 0.1) is 23.5 Å². The number of carbonyl (C=O) groups excluding carboxylic acids is 1. The van der Waals surface area contributed by atoms with Gasteiger partial charge in [-0.05, 0) is 62.4 Å². The van der Waals surface area contributed by atoms with Crippen molar-refractivity contribution < 1.29 is 18.7 Å². The number of hydrogen-bond acceptors (Lipinski definition) is 7. The molecule has 3 heterocycles. The highest BCUT2D eigenvalue weighted by Gasteiger charge is 2.33. The van der Waals surface area contributed by atoms with E-state index >= 15 is 0 Å². The molecule has 1 aliphatic heterocycles. The second-order valence-electron chi connectivity index (χ2n) is 10.1. The summed E-state index contributed by atoms with van der Waals surface area (Å²) in [4.78, 5) is 24.7. The minimum atomic E-state index is -1.64. The van der Waals surface area contributed by atoms with Crippen LogP contribution in [0.2, 0.25) is 0 Å². The molecule has 0 spiro atoms. The third-order valence-electron chi connectivity index (χ3n) is 6.85. The van der Waals surface area contributed by atoms with Gasteiger partial charge in [-0.15, -0.1) is 0 Å². The molecule has 1 atom stereocenters. The fraction of sp³-hybridized carbons (Fsp3) is 0.367. The second kappa shape index (κ2) is 11.1. The Hall–Kier alpha value is -3.52. The minimum absolute atomic E-state index is 0.201. The molecule has 8 heteroatoms. The first-order chi connectivity index (χ1) is 18.3. The van der Waals surface area contributed by atoms with E-state index < -0.39 is 5.67 Å². The lowest BCUT2D eigenvalue weighted by molar-refractivity contribution is -0.120. The Bertz CT molecular complexity index is 1400. The van der Waals surface area contributed by atoms with Crippen LogP contribution in [0.25, 0.3) is 10.2 Å². The van der Waals surface area contributed by atoms with Crippen molar-refractivity contribution in [1.82, 2.24) is 9.97 Å². The fourth-order valence-corrected chi connectivity index (χ4v) is 5.77. The molecule has 0 N–H and O–H groups in total. The normalized spacial score (nSPS) is 15.7. The standard InChI is InChI=1S/C30H32FN3O3S/c1-30(2,31)26-18-25-27(28(32-26)37-19-21-11-14-22(36-3)15-12-21)33-29(38-25)34-17-7-10-23(34)24(35)16-13-20-8-5-4-6-9-20/h4-6,8-9,11-12,14-15,18,23H,7,10,13,16-17,19H2,1-3H3/t23-/m1/s1. The number of Topliss-reactive ketones (excluding diaryl/α,β-unsaturated/α-hetero) is 1. The molecule has 198 valence electrons. The predicted octanol–water partition coefficient (Wildman–Crippen LogP) is 6.65. The van der Waals surface area contributed by atoms with Crippen LogP contribution in [0.5, 0.6) is 11.6 Å². The molecule has 0 aliphatic carbocycles. The van der Waals surface area contributed by atoms with Gasteiger partial charge in [0.25, 0.3) is 0 Å². The summed E-state index contributed by atoms with van der Waals surface area (Å²) in [5.74, 6) is 1.29. The van der Waals surface area contributed by atoms with Crippen LogP contribution in [-0.2, 0) is 23.5 Å². The van der Waals surface area contributed by atoms with E-state index in [1.165, 1.54) is 25.2 Å². The number of carbonyl (C=O) groups is 1. The number of ketones is 1. The molecular formula is C30H32FN3O3S. The Kier molecular flexibility index (Phi) is 7.61. The molecule has 6 nitrogen and oxygen atoms in total. The first-order valence-corrected chi connectivity index (χ1v) is 13.7. The van der Waals surface area contributed by atoms with E-state index in [4.69, 9.17) is 14.5 Å². The zero-order valence-electron chi connectivity index (χ0n) is 21.9. The van der Waals surface area contributed by atoms with Gasteiger partial charge in [0.2, 0.25) is 5.88 Å². The number of fused-ring (bicyclic) bond motifs is 1. The van der Waals surface area contributed by atoms with E-state index in [0.717, 1.165) is 52.5 Å². The monoisotopic (exact) mass is 533 g/mol. The summed E-state index contributed by atoms with van der Waals surface area (Å²) >= 11 is 1.46. The molecule has 1 saturated heterocycles. The smallest absolute Gasteiger partial charge is 0.242 e. The lowest BCUT2D eigenvalue weighted by atomic mass is 10.0. The average molecular weight is 534 g/mol. The number of anilines is 1. The van der Waals surface area contributed by atoms with Crippen molar-refractivity contribution in [2.24, 2.45) is 0 Å². The Balaban J connectivity index is 1.39. The summed E-state index contributed by atoms with van der Waals surface area (Å²) in [5, 5.41) is 0.750. The molecule has 0 saturated carbocycles. The van der Waals surface area contributed by atoms with Crippen LogP contribution in [-0.4, -0.2) is 35.4 Å². The fourth-order valence-electron chi connectivity index (χ4n) is 4.70. The number of benzene rings is 2. The van der Waals surface area contributed by atoms with Crippen molar-refractivity contribution in [2.45, 2.75) is 57.8 Å². The second-order valence-corrected chi connectivity index (χ2v) is 11.1. The van der Waals surface area contributed by atoms with Gasteiger partial charge >= 0.3 is 0 Å². The van der Waals surface area contributed by atoms with Crippen molar-refractivity contribution in [2.75, 3.05) is 18.6 Å². The highest BCUT2D eigenvalue weighted by Crippen LogP contribution is 2.39. The zero-order chi connectivity index (χ0) is 26.7. The SMILES string of the molecule is COc1ccc(COc2nc(C(C)(C)F)cc3sc(N4CCC[C@@H]4C(=O)CCc4ccccc4)nc23)cc1. The van der Waals surface area contributed by atoms with Crippen molar-refractivity contribution in [3.8, 4) is 11.6 Å². The number of rotatable bonds is 10. The number of hydrogen-bond donors (Lipinski definition) is 0. The van der Waals surface area contributed by atoms with Gasteiger partial charge < -0.3 is 14.4 Å². The average Bonchev–Trinajstić information content (AvgIpc) is 3.58. The highest BCUT2D eigenvalue weighted by molar-refractivity contribution is 7.22. The maximum Gasteiger partial charge on any atom is 0.242 e. The molecule has 5 rings (SSSR count). The summed E-state index contributed by atoms with van der Waals surface area (Å²) in [6.45, 7) is 3.99. The lowest BCUT2D eigenvalue weighted by Crippen LogP contribution is -2.36. The van der Waals surface area contributed by atoms with Crippen LogP contribution in [0.1, 0.15) is 49.9 Å². The largest absolute Gasteiger partial charge is 0.497 e. The van der Waals surface area contributed by atoms with E-state index in [1.807, 2.05) is 42.5 Å². The number of methoxy groups -OCH3 is 1. The van der Waals surface area contributed by atoms with Gasteiger partial charge in [-0.3, -0.25) is 4.79 Å². The van der Waals surface area contributed by atoms with Gasteiger partial charge in [-0.25, -0.2) is 14.4 Å². The number of nitrogens with zero attached hydrogens (tertiary/aromatic N) is 3.